The van der Waals surface area contributed by atoms with Crippen LogP contribution in [0.5, 0.6) is 0 Å². The minimum absolute atomic E-state index is 0.223. The Labute approximate surface area is 166 Å². The number of carbonyl (C=O) groups excluding carboxylic acids is 1. The third-order valence-electron chi connectivity index (χ3n) is 4.93. The topological polar surface area (TPSA) is 88.5 Å². The molecule has 2 aromatic rings. The maximum absolute atomic E-state index is 11.3. The van der Waals surface area contributed by atoms with Crippen molar-refractivity contribution in [2.24, 2.45) is 16.6 Å². The Morgan fingerprint density at radius 2 is 2.14 bits per heavy atom. The number of piperidine rings is 1. The van der Waals surface area contributed by atoms with Gasteiger partial charge in [-0.1, -0.05) is 30.3 Å². The zero-order chi connectivity index (χ0) is 19.8. The number of aliphatic imine (C=N–C) groups is 1. The van der Waals surface area contributed by atoms with Crippen molar-refractivity contribution in [3.05, 3.63) is 53.9 Å². The van der Waals surface area contributed by atoms with E-state index in [1.54, 1.807) is 0 Å². The van der Waals surface area contributed by atoms with Gasteiger partial charge < -0.3 is 16.0 Å². The Morgan fingerprint density at radius 3 is 2.89 bits per heavy atom. The second-order valence-corrected chi connectivity index (χ2v) is 7.33. The molecule has 1 aromatic carbocycles. The minimum atomic E-state index is -0.223. The van der Waals surface area contributed by atoms with Crippen molar-refractivity contribution in [1.29, 1.82) is 0 Å². The van der Waals surface area contributed by atoms with Crippen LogP contribution < -0.4 is 11.1 Å². The van der Waals surface area contributed by atoms with Crippen molar-refractivity contribution in [2.45, 2.75) is 39.3 Å². The molecular weight excluding hydrogens is 352 g/mol. The van der Waals surface area contributed by atoms with Gasteiger partial charge in [-0.05, 0) is 31.2 Å². The molecule has 1 aliphatic rings. The molecule has 1 saturated heterocycles. The number of nitrogens with zero attached hydrogens (tertiary/aromatic N) is 4. The molecule has 0 spiro atoms. The van der Waals surface area contributed by atoms with E-state index >= 15 is 0 Å². The smallest absolute Gasteiger partial charge is 0.217 e. The Morgan fingerprint density at radius 1 is 1.32 bits per heavy atom. The van der Waals surface area contributed by atoms with Crippen LogP contribution in [0.2, 0.25) is 0 Å². The monoisotopic (exact) mass is 382 g/mol. The van der Waals surface area contributed by atoms with Crippen LogP contribution in [0.25, 0.3) is 0 Å². The quantitative estimate of drug-likeness (QED) is 0.566. The highest BCUT2D eigenvalue weighted by molar-refractivity contribution is 5.80. The molecular formula is C21H30N6O. The van der Waals surface area contributed by atoms with Gasteiger partial charge in [0.2, 0.25) is 5.91 Å². The zero-order valence-corrected chi connectivity index (χ0v) is 16.6. The van der Waals surface area contributed by atoms with Crippen molar-refractivity contribution in [3.63, 3.8) is 0 Å². The fourth-order valence-electron chi connectivity index (χ4n) is 3.65. The number of carbonyl (C=O) groups is 1. The molecule has 3 rings (SSSR count). The Hall–Kier alpha value is -2.83. The van der Waals surface area contributed by atoms with E-state index in [4.69, 9.17) is 10.7 Å². The Kier molecular flexibility index (Phi) is 7.06. The van der Waals surface area contributed by atoms with Gasteiger partial charge in [0.25, 0.3) is 0 Å². The van der Waals surface area contributed by atoms with Crippen molar-refractivity contribution < 1.29 is 4.79 Å². The van der Waals surface area contributed by atoms with Crippen LogP contribution >= 0.6 is 0 Å². The summed E-state index contributed by atoms with van der Waals surface area (Å²) < 4.78 is 1.94. The van der Waals surface area contributed by atoms with Gasteiger partial charge in [-0.25, -0.2) is 4.99 Å². The van der Waals surface area contributed by atoms with Crippen molar-refractivity contribution in [2.75, 3.05) is 19.6 Å². The molecule has 1 amide bonds. The SMILES string of the molecule is CCNC(=NCc1cnn(Cc2ccccc2)c1)N1CCCC(CC(N)=O)C1. The van der Waals surface area contributed by atoms with Crippen LogP contribution in [0.1, 0.15) is 37.3 Å². The molecule has 0 saturated carbocycles. The third kappa shape index (κ3) is 5.84. The van der Waals surface area contributed by atoms with Crippen molar-refractivity contribution in [3.8, 4) is 0 Å². The minimum Gasteiger partial charge on any atom is -0.370 e. The number of amides is 1. The lowest BCUT2D eigenvalue weighted by molar-refractivity contribution is -0.119. The predicted octanol–water partition coefficient (Wildman–Crippen LogP) is 1.98. The van der Waals surface area contributed by atoms with E-state index in [-0.39, 0.29) is 5.91 Å². The van der Waals surface area contributed by atoms with Gasteiger partial charge >= 0.3 is 0 Å². The summed E-state index contributed by atoms with van der Waals surface area (Å²) in [6.07, 6.45) is 6.47. The number of nitrogens with two attached hydrogens (primary N) is 1. The van der Waals surface area contributed by atoms with Crippen molar-refractivity contribution in [1.82, 2.24) is 20.0 Å². The number of hydrogen-bond acceptors (Lipinski definition) is 3. The van der Waals surface area contributed by atoms with E-state index in [9.17, 15) is 4.79 Å². The molecule has 1 atom stereocenters. The average Bonchev–Trinajstić information content (AvgIpc) is 3.13. The number of aromatic nitrogens is 2. The fourth-order valence-corrected chi connectivity index (χ4v) is 3.65. The summed E-state index contributed by atoms with van der Waals surface area (Å²) in [6.45, 7) is 5.98. The van der Waals surface area contributed by atoms with E-state index in [0.717, 1.165) is 50.5 Å². The Balaban J connectivity index is 1.62. The van der Waals surface area contributed by atoms with Crippen LogP contribution in [0.3, 0.4) is 0 Å². The molecule has 1 unspecified atom stereocenters. The largest absolute Gasteiger partial charge is 0.370 e. The predicted molar refractivity (Wildman–Crippen MR) is 111 cm³/mol. The van der Waals surface area contributed by atoms with Gasteiger partial charge in [0.1, 0.15) is 0 Å². The van der Waals surface area contributed by atoms with Gasteiger partial charge in [-0.3, -0.25) is 9.48 Å². The fraction of sp³-hybridized carbons (Fsp3) is 0.476. The summed E-state index contributed by atoms with van der Waals surface area (Å²) in [6, 6.07) is 10.3. The maximum atomic E-state index is 11.3. The summed E-state index contributed by atoms with van der Waals surface area (Å²) in [4.78, 5) is 18.3. The number of benzene rings is 1. The van der Waals surface area contributed by atoms with E-state index in [1.807, 2.05) is 35.3 Å². The van der Waals surface area contributed by atoms with Gasteiger partial charge in [0.15, 0.2) is 5.96 Å². The second-order valence-electron chi connectivity index (χ2n) is 7.33. The Bertz CT molecular complexity index is 785. The van der Waals surface area contributed by atoms with Crippen LogP contribution in [0.15, 0.2) is 47.7 Å². The number of nitrogens with one attached hydrogen (secondary N) is 1. The molecule has 3 N–H and O–H groups in total. The molecule has 7 nitrogen and oxygen atoms in total. The lowest BCUT2D eigenvalue weighted by Crippen LogP contribution is -2.47. The van der Waals surface area contributed by atoms with Crippen LogP contribution in [0, 0.1) is 5.92 Å². The molecule has 2 heterocycles. The van der Waals surface area contributed by atoms with Crippen molar-refractivity contribution >= 4 is 11.9 Å². The normalized spacial score (nSPS) is 17.5. The molecule has 0 aliphatic carbocycles. The summed E-state index contributed by atoms with van der Waals surface area (Å²) in [5, 5.41) is 7.83. The van der Waals surface area contributed by atoms with Crippen LogP contribution in [0.4, 0.5) is 0 Å². The van der Waals surface area contributed by atoms with Gasteiger partial charge in [0, 0.05) is 37.8 Å². The second kappa shape index (κ2) is 9.92. The van der Waals surface area contributed by atoms with Crippen LogP contribution in [-0.2, 0) is 17.9 Å². The van der Waals surface area contributed by atoms with Gasteiger partial charge in [0.05, 0.1) is 19.3 Å². The molecule has 0 radical (unpaired) electrons. The molecule has 0 bridgehead atoms. The van der Waals surface area contributed by atoms with Gasteiger partial charge in [-0.2, -0.15) is 5.10 Å². The molecule has 7 heteroatoms. The highest BCUT2D eigenvalue weighted by Gasteiger charge is 2.23. The number of hydrogen-bond donors (Lipinski definition) is 2. The molecule has 1 fully saturated rings. The third-order valence-corrected chi connectivity index (χ3v) is 4.93. The molecule has 150 valence electrons. The highest BCUT2D eigenvalue weighted by Crippen LogP contribution is 2.19. The first-order valence-electron chi connectivity index (χ1n) is 10.0. The molecule has 1 aromatic heterocycles. The lowest BCUT2D eigenvalue weighted by atomic mass is 9.95. The summed E-state index contributed by atoms with van der Waals surface area (Å²) >= 11 is 0. The lowest BCUT2D eigenvalue weighted by Gasteiger charge is -2.34. The first-order valence-corrected chi connectivity index (χ1v) is 10.0. The number of guanidine groups is 1. The summed E-state index contributed by atoms with van der Waals surface area (Å²) in [5.41, 5.74) is 7.69. The molecule has 28 heavy (non-hydrogen) atoms. The number of rotatable bonds is 7. The van der Waals surface area contributed by atoms with E-state index < -0.39 is 0 Å². The summed E-state index contributed by atoms with van der Waals surface area (Å²) in [7, 11) is 0. The van der Waals surface area contributed by atoms with E-state index in [2.05, 4.69) is 34.4 Å². The zero-order valence-electron chi connectivity index (χ0n) is 16.6. The summed E-state index contributed by atoms with van der Waals surface area (Å²) in [5.74, 6) is 0.982. The first-order chi connectivity index (χ1) is 13.6. The maximum Gasteiger partial charge on any atom is 0.217 e. The van der Waals surface area contributed by atoms with E-state index in [1.165, 1.54) is 5.56 Å². The molecule has 1 aliphatic heterocycles. The average molecular weight is 383 g/mol. The van der Waals surface area contributed by atoms with Crippen LogP contribution in [-0.4, -0.2) is 46.2 Å². The van der Waals surface area contributed by atoms with E-state index in [0.29, 0.717) is 18.9 Å². The first kappa shape index (κ1) is 19.9. The standard InChI is InChI=1S/C21H30N6O/c1-2-23-21(26-10-6-9-18(14-26)11-20(22)28)24-12-19-13-25-27(16-19)15-17-7-4-3-5-8-17/h3-5,7-8,13,16,18H,2,6,9-12,14-15H2,1H3,(H2,22,28)(H,23,24). The number of primary amides is 1. The highest BCUT2D eigenvalue weighted by atomic mass is 16.1. The number of likely N-dealkylation sites (tertiary alicyclic amines) is 1. The van der Waals surface area contributed by atoms with Gasteiger partial charge in [-0.15, -0.1) is 0 Å².